The third-order valence-corrected chi connectivity index (χ3v) is 4.25. The fourth-order valence-electron chi connectivity index (χ4n) is 2.91. The first-order valence-corrected chi connectivity index (χ1v) is 7.47. The molecule has 3 heterocycles. The summed E-state index contributed by atoms with van der Waals surface area (Å²) in [6, 6.07) is 4.20. The van der Waals surface area contributed by atoms with Gasteiger partial charge in [0.15, 0.2) is 5.96 Å². The van der Waals surface area contributed by atoms with Crippen molar-refractivity contribution in [2.75, 3.05) is 44.7 Å². The highest BCUT2D eigenvalue weighted by Crippen LogP contribution is 2.22. The number of hydrogen-bond acceptors (Lipinski definition) is 5. The number of hydrogen-bond donors (Lipinski definition) is 1. The second-order valence-corrected chi connectivity index (χ2v) is 5.64. The minimum Gasteiger partial charge on any atom is -0.371 e. The summed E-state index contributed by atoms with van der Waals surface area (Å²) in [4.78, 5) is 13.2. The van der Waals surface area contributed by atoms with Crippen LogP contribution in [0.1, 0.15) is 12.8 Å². The van der Waals surface area contributed by atoms with Crippen molar-refractivity contribution in [1.82, 2.24) is 15.2 Å². The predicted octanol–water partition coefficient (Wildman–Crippen LogP) is 1.81. The van der Waals surface area contributed by atoms with Gasteiger partial charge in [-0.1, -0.05) is 0 Å². The molecule has 1 aromatic heterocycles. The summed E-state index contributed by atoms with van der Waals surface area (Å²) in [5.41, 5.74) is 1.30. The van der Waals surface area contributed by atoms with Crippen LogP contribution in [0.2, 0.25) is 0 Å². The van der Waals surface area contributed by atoms with Gasteiger partial charge in [0.05, 0.1) is 6.54 Å². The average molecular weight is 401 g/mol. The Bertz CT molecular complexity index is 456. The first-order valence-electron chi connectivity index (χ1n) is 7.47. The van der Waals surface area contributed by atoms with Gasteiger partial charge < -0.3 is 15.1 Å². The van der Waals surface area contributed by atoms with Gasteiger partial charge in [-0.25, -0.2) is 0 Å². The molecule has 2 aliphatic rings. The minimum absolute atomic E-state index is 0. The zero-order valence-corrected chi connectivity index (χ0v) is 14.9. The fourth-order valence-corrected chi connectivity index (χ4v) is 2.91. The number of guanidine groups is 1. The van der Waals surface area contributed by atoms with Crippen LogP contribution < -0.4 is 10.2 Å². The van der Waals surface area contributed by atoms with E-state index in [1.807, 2.05) is 12.4 Å². The van der Waals surface area contributed by atoms with E-state index in [1.54, 1.807) is 0 Å². The molecule has 0 aliphatic carbocycles. The zero-order valence-electron chi connectivity index (χ0n) is 12.5. The van der Waals surface area contributed by atoms with Crippen molar-refractivity contribution in [3.8, 4) is 0 Å². The van der Waals surface area contributed by atoms with Crippen molar-refractivity contribution in [3.63, 3.8) is 0 Å². The number of likely N-dealkylation sites (N-methyl/N-ethyl adjacent to an activating group) is 1. The second kappa shape index (κ2) is 7.82. The first-order chi connectivity index (χ1) is 9.83. The van der Waals surface area contributed by atoms with Gasteiger partial charge in [-0.15, -0.1) is 24.0 Å². The quantitative estimate of drug-likeness (QED) is 0.785. The second-order valence-electron chi connectivity index (χ2n) is 5.64. The number of halogens is 1. The Morgan fingerprint density at radius 1 is 1.19 bits per heavy atom. The van der Waals surface area contributed by atoms with Gasteiger partial charge >= 0.3 is 0 Å². The molecule has 3 rings (SSSR count). The lowest BCUT2D eigenvalue weighted by molar-refractivity contribution is 0.395. The molecule has 0 aromatic carbocycles. The third-order valence-electron chi connectivity index (χ3n) is 4.25. The van der Waals surface area contributed by atoms with Gasteiger partial charge in [-0.3, -0.25) is 9.98 Å². The van der Waals surface area contributed by atoms with E-state index in [4.69, 9.17) is 0 Å². The summed E-state index contributed by atoms with van der Waals surface area (Å²) in [5.74, 6) is 1.83. The maximum Gasteiger partial charge on any atom is 0.193 e. The van der Waals surface area contributed by atoms with Gasteiger partial charge in [0.1, 0.15) is 0 Å². The van der Waals surface area contributed by atoms with Gasteiger partial charge in [0.2, 0.25) is 0 Å². The van der Waals surface area contributed by atoms with Crippen molar-refractivity contribution in [2.24, 2.45) is 10.9 Å². The van der Waals surface area contributed by atoms with E-state index >= 15 is 0 Å². The number of rotatable bonds is 3. The Kier molecular flexibility index (Phi) is 6.08. The summed E-state index contributed by atoms with van der Waals surface area (Å²) >= 11 is 0. The molecule has 0 bridgehead atoms. The van der Waals surface area contributed by atoms with Crippen molar-refractivity contribution >= 4 is 35.6 Å². The summed E-state index contributed by atoms with van der Waals surface area (Å²) in [7, 11) is 2.10. The van der Waals surface area contributed by atoms with Crippen molar-refractivity contribution in [1.29, 1.82) is 0 Å². The highest BCUT2D eigenvalue weighted by Gasteiger charge is 2.20. The van der Waals surface area contributed by atoms with Crippen molar-refractivity contribution in [2.45, 2.75) is 12.8 Å². The molecule has 1 fully saturated rings. The van der Waals surface area contributed by atoms with E-state index in [1.165, 1.54) is 18.5 Å². The molecule has 0 atom stereocenters. The topological polar surface area (TPSA) is 43.8 Å². The number of pyridine rings is 1. The summed E-state index contributed by atoms with van der Waals surface area (Å²) in [6.45, 7) is 5.30. The first kappa shape index (κ1) is 16.3. The maximum atomic E-state index is 4.48. The van der Waals surface area contributed by atoms with Crippen LogP contribution in [0.5, 0.6) is 0 Å². The molecule has 0 radical (unpaired) electrons. The third kappa shape index (κ3) is 4.21. The van der Waals surface area contributed by atoms with E-state index in [2.05, 4.69) is 44.3 Å². The number of aliphatic imine (C=N–C) groups is 1. The Labute approximate surface area is 143 Å². The number of anilines is 1. The molecule has 1 N–H and O–H groups in total. The average Bonchev–Trinajstić information content (AvgIpc) is 2.92. The largest absolute Gasteiger partial charge is 0.371 e. The number of nitrogens with one attached hydrogen (secondary N) is 1. The standard InChI is InChI=1S/C15H23N5.HI/c1-19-11-8-17-15(19)18-12-13-4-9-20(10-5-13)14-2-6-16-7-3-14;/h2-3,6-7,13H,4-5,8-12H2,1H3,(H,17,18);1H. The Morgan fingerprint density at radius 3 is 2.52 bits per heavy atom. The van der Waals surface area contributed by atoms with E-state index in [-0.39, 0.29) is 24.0 Å². The van der Waals surface area contributed by atoms with E-state index in [9.17, 15) is 0 Å². The predicted molar refractivity (Wildman–Crippen MR) is 97.5 cm³/mol. The molecule has 116 valence electrons. The Morgan fingerprint density at radius 2 is 1.90 bits per heavy atom. The van der Waals surface area contributed by atoms with E-state index in [0.717, 1.165) is 44.6 Å². The van der Waals surface area contributed by atoms with Crippen LogP contribution >= 0.6 is 24.0 Å². The normalized spacial score (nSPS) is 19.2. The van der Waals surface area contributed by atoms with Gasteiger partial charge in [-0.2, -0.15) is 0 Å². The van der Waals surface area contributed by atoms with E-state index in [0.29, 0.717) is 0 Å². The van der Waals surface area contributed by atoms with Crippen LogP contribution in [0.3, 0.4) is 0 Å². The van der Waals surface area contributed by atoms with Crippen LogP contribution in [0.25, 0.3) is 0 Å². The summed E-state index contributed by atoms with van der Waals surface area (Å²) in [5, 5.41) is 3.50. The van der Waals surface area contributed by atoms with Crippen LogP contribution in [-0.4, -0.2) is 55.6 Å². The van der Waals surface area contributed by atoms with Crippen molar-refractivity contribution < 1.29 is 0 Å². The maximum absolute atomic E-state index is 4.48. The minimum atomic E-state index is 0. The highest BCUT2D eigenvalue weighted by molar-refractivity contribution is 14.0. The van der Waals surface area contributed by atoms with Crippen LogP contribution in [0.15, 0.2) is 29.5 Å². The molecule has 21 heavy (non-hydrogen) atoms. The summed E-state index contributed by atoms with van der Waals surface area (Å²) in [6.07, 6.45) is 6.23. The summed E-state index contributed by atoms with van der Waals surface area (Å²) < 4.78 is 0. The lowest BCUT2D eigenvalue weighted by Gasteiger charge is -2.34. The van der Waals surface area contributed by atoms with E-state index < -0.39 is 0 Å². The van der Waals surface area contributed by atoms with Gasteiger partial charge in [-0.05, 0) is 30.9 Å². The van der Waals surface area contributed by atoms with Gasteiger partial charge in [0, 0.05) is 51.3 Å². The molecule has 2 aliphatic heterocycles. The molecule has 0 spiro atoms. The molecule has 0 amide bonds. The number of nitrogens with zero attached hydrogens (tertiary/aromatic N) is 4. The molecular weight excluding hydrogens is 377 g/mol. The Balaban J connectivity index is 0.00000161. The highest BCUT2D eigenvalue weighted by atomic mass is 127. The molecule has 1 aromatic rings. The SMILES string of the molecule is CN1CCN=C1NCC1CCN(c2ccncc2)CC1.I. The zero-order chi connectivity index (χ0) is 13.8. The van der Waals surface area contributed by atoms with Gasteiger partial charge in [0.25, 0.3) is 0 Å². The molecule has 0 unspecified atom stereocenters. The smallest absolute Gasteiger partial charge is 0.193 e. The van der Waals surface area contributed by atoms with Crippen LogP contribution in [0, 0.1) is 5.92 Å². The monoisotopic (exact) mass is 401 g/mol. The molecule has 1 saturated heterocycles. The molecule has 6 heteroatoms. The molecular formula is C15H24IN5. The molecule has 0 saturated carbocycles. The lowest BCUT2D eigenvalue weighted by atomic mass is 9.96. The number of piperidine rings is 1. The van der Waals surface area contributed by atoms with Crippen molar-refractivity contribution in [3.05, 3.63) is 24.5 Å². The lowest BCUT2D eigenvalue weighted by Crippen LogP contribution is -2.42. The molecule has 5 nitrogen and oxygen atoms in total. The van der Waals surface area contributed by atoms with Crippen LogP contribution in [0.4, 0.5) is 5.69 Å². The number of aromatic nitrogens is 1. The fraction of sp³-hybridized carbons (Fsp3) is 0.600. The van der Waals surface area contributed by atoms with Crippen LogP contribution in [-0.2, 0) is 0 Å². The Hall–Kier alpha value is -1.05.